The molecule has 4 heteroatoms. The van der Waals surface area contributed by atoms with E-state index in [0.29, 0.717) is 30.6 Å². The lowest BCUT2D eigenvalue weighted by Crippen LogP contribution is -2.37. The van der Waals surface area contributed by atoms with Crippen molar-refractivity contribution in [2.75, 3.05) is 18.8 Å². The molecule has 1 amide bonds. The van der Waals surface area contributed by atoms with Gasteiger partial charge >= 0.3 is 0 Å². The molecule has 3 nitrogen and oxygen atoms in total. The van der Waals surface area contributed by atoms with Crippen LogP contribution in [0.4, 0.5) is 10.1 Å². The fraction of sp³-hybridized carbons (Fsp3) is 0.533. The summed E-state index contributed by atoms with van der Waals surface area (Å²) in [6, 6.07) is 4.11. The van der Waals surface area contributed by atoms with E-state index in [1.807, 2.05) is 27.7 Å². The number of nitrogen functional groups attached to an aromatic ring is 1. The minimum absolute atomic E-state index is 0.0568. The van der Waals surface area contributed by atoms with Crippen molar-refractivity contribution in [2.24, 2.45) is 11.8 Å². The van der Waals surface area contributed by atoms with Gasteiger partial charge in [-0.15, -0.1) is 0 Å². The van der Waals surface area contributed by atoms with Crippen LogP contribution in [-0.4, -0.2) is 23.9 Å². The van der Waals surface area contributed by atoms with Crippen molar-refractivity contribution >= 4 is 11.6 Å². The molecule has 0 saturated heterocycles. The summed E-state index contributed by atoms with van der Waals surface area (Å²) in [7, 11) is 0. The van der Waals surface area contributed by atoms with Crippen LogP contribution in [0, 0.1) is 17.7 Å². The largest absolute Gasteiger partial charge is 0.399 e. The van der Waals surface area contributed by atoms with E-state index in [9.17, 15) is 9.18 Å². The highest BCUT2D eigenvalue weighted by Gasteiger charge is 2.21. The monoisotopic (exact) mass is 266 g/mol. The maximum atomic E-state index is 13.8. The molecule has 0 saturated carbocycles. The van der Waals surface area contributed by atoms with Crippen molar-refractivity contribution in [3.8, 4) is 0 Å². The molecular weight excluding hydrogens is 243 g/mol. The van der Waals surface area contributed by atoms with E-state index in [0.717, 1.165) is 0 Å². The van der Waals surface area contributed by atoms with Gasteiger partial charge in [0.15, 0.2) is 0 Å². The first-order chi connectivity index (χ1) is 8.81. The predicted molar refractivity (Wildman–Crippen MR) is 76.4 cm³/mol. The molecule has 0 fully saturated rings. The average molecular weight is 266 g/mol. The van der Waals surface area contributed by atoms with Crippen LogP contribution >= 0.6 is 0 Å². The van der Waals surface area contributed by atoms with Gasteiger partial charge in [0.05, 0.1) is 5.56 Å². The fourth-order valence-electron chi connectivity index (χ4n) is 2.00. The molecule has 19 heavy (non-hydrogen) atoms. The summed E-state index contributed by atoms with van der Waals surface area (Å²) in [5.41, 5.74) is 6.09. The zero-order chi connectivity index (χ0) is 14.6. The van der Waals surface area contributed by atoms with Crippen LogP contribution < -0.4 is 5.73 Å². The number of nitrogens with two attached hydrogens (primary N) is 1. The Bertz CT molecular complexity index is 434. The van der Waals surface area contributed by atoms with Crippen LogP contribution in [0.1, 0.15) is 38.1 Å². The van der Waals surface area contributed by atoms with Crippen LogP contribution in [-0.2, 0) is 0 Å². The Balaban J connectivity index is 3.00. The summed E-state index contributed by atoms with van der Waals surface area (Å²) < 4.78 is 13.8. The maximum Gasteiger partial charge on any atom is 0.256 e. The van der Waals surface area contributed by atoms with Crippen LogP contribution in [0.25, 0.3) is 0 Å². The Morgan fingerprint density at radius 1 is 1.21 bits per heavy atom. The third kappa shape index (κ3) is 4.54. The van der Waals surface area contributed by atoms with Gasteiger partial charge in [0.25, 0.3) is 5.91 Å². The van der Waals surface area contributed by atoms with Crippen LogP contribution in [0.2, 0.25) is 0 Å². The lowest BCUT2D eigenvalue weighted by molar-refractivity contribution is 0.0710. The minimum atomic E-state index is -0.517. The molecule has 1 aromatic carbocycles. The Labute approximate surface area is 114 Å². The molecule has 0 radical (unpaired) electrons. The van der Waals surface area contributed by atoms with Gasteiger partial charge in [-0.3, -0.25) is 4.79 Å². The highest BCUT2D eigenvalue weighted by molar-refractivity contribution is 5.95. The number of hydrogen-bond acceptors (Lipinski definition) is 2. The number of nitrogens with zero attached hydrogens (tertiary/aromatic N) is 1. The normalized spacial score (nSPS) is 11.1. The van der Waals surface area contributed by atoms with E-state index in [-0.39, 0.29) is 11.5 Å². The number of carbonyl (C=O) groups excluding carboxylic acids is 1. The smallest absolute Gasteiger partial charge is 0.256 e. The summed E-state index contributed by atoms with van der Waals surface area (Å²) in [5.74, 6) is -0.123. The molecule has 1 aromatic rings. The molecule has 0 aliphatic carbocycles. The third-order valence-electron chi connectivity index (χ3n) is 2.68. The first-order valence-corrected chi connectivity index (χ1v) is 6.65. The zero-order valence-electron chi connectivity index (χ0n) is 12.1. The summed E-state index contributed by atoms with van der Waals surface area (Å²) in [4.78, 5) is 14.1. The standard InChI is InChI=1S/C15H23FN2O/c1-10(2)8-18(9-11(3)4)15(19)13-7-12(17)5-6-14(13)16/h5-7,10-11H,8-9,17H2,1-4H3. The summed E-state index contributed by atoms with van der Waals surface area (Å²) in [6.45, 7) is 9.38. The fourth-order valence-corrected chi connectivity index (χ4v) is 2.00. The van der Waals surface area contributed by atoms with Gasteiger partial charge in [0.1, 0.15) is 5.82 Å². The Morgan fingerprint density at radius 3 is 2.21 bits per heavy atom. The highest BCUT2D eigenvalue weighted by Crippen LogP contribution is 2.16. The number of benzene rings is 1. The number of hydrogen-bond donors (Lipinski definition) is 1. The molecule has 0 atom stereocenters. The second-order valence-corrected chi connectivity index (χ2v) is 5.74. The zero-order valence-corrected chi connectivity index (χ0v) is 12.1. The second-order valence-electron chi connectivity index (χ2n) is 5.74. The molecule has 2 N–H and O–H groups in total. The maximum absolute atomic E-state index is 13.8. The van der Waals surface area contributed by atoms with Gasteiger partial charge < -0.3 is 10.6 Å². The molecular formula is C15H23FN2O. The van der Waals surface area contributed by atoms with Crippen LogP contribution in [0.15, 0.2) is 18.2 Å². The number of halogens is 1. The lowest BCUT2D eigenvalue weighted by Gasteiger charge is -2.26. The van der Waals surface area contributed by atoms with Crippen molar-refractivity contribution in [3.63, 3.8) is 0 Å². The number of amides is 1. The number of rotatable bonds is 5. The second kappa shape index (κ2) is 6.55. The van der Waals surface area contributed by atoms with Crippen molar-refractivity contribution in [3.05, 3.63) is 29.6 Å². The summed E-state index contributed by atoms with van der Waals surface area (Å²) in [6.07, 6.45) is 0. The molecule has 0 aliphatic heterocycles. The average Bonchev–Trinajstić information content (AvgIpc) is 2.29. The molecule has 0 aromatic heterocycles. The Morgan fingerprint density at radius 2 is 1.74 bits per heavy atom. The van der Waals surface area contributed by atoms with Gasteiger partial charge in [-0.2, -0.15) is 0 Å². The summed E-state index contributed by atoms with van der Waals surface area (Å²) >= 11 is 0. The van der Waals surface area contributed by atoms with Gasteiger partial charge in [-0.25, -0.2) is 4.39 Å². The lowest BCUT2D eigenvalue weighted by atomic mass is 10.1. The van der Waals surface area contributed by atoms with Gasteiger partial charge in [0.2, 0.25) is 0 Å². The number of carbonyl (C=O) groups is 1. The third-order valence-corrected chi connectivity index (χ3v) is 2.68. The predicted octanol–water partition coefficient (Wildman–Crippen LogP) is 3.16. The van der Waals surface area contributed by atoms with Crippen molar-refractivity contribution < 1.29 is 9.18 Å². The SMILES string of the molecule is CC(C)CN(CC(C)C)C(=O)c1cc(N)ccc1F. The van der Waals surface area contributed by atoms with Crippen molar-refractivity contribution in [2.45, 2.75) is 27.7 Å². The van der Waals surface area contributed by atoms with Crippen molar-refractivity contribution in [1.82, 2.24) is 4.90 Å². The molecule has 0 heterocycles. The highest BCUT2D eigenvalue weighted by atomic mass is 19.1. The van der Waals surface area contributed by atoms with E-state index in [4.69, 9.17) is 5.73 Å². The van der Waals surface area contributed by atoms with Crippen LogP contribution in [0.5, 0.6) is 0 Å². The summed E-state index contributed by atoms with van der Waals surface area (Å²) in [5, 5.41) is 0. The first-order valence-electron chi connectivity index (χ1n) is 6.65. The molecule has 0 unspecified atom stereocenters. The van der Waals surface area contributed by atoms with E-state index in [1.165, 1.54) is 18.2 Å². The quantitative estimate of drug-likeness (QED) is 0.832. The first kappa shape index (κ1) is 15.5. The molecule has 106 valence electrons. The topological polar surface area (TPSA) is 46.3 Å². The Hall–Kier alpha value is -1.58. The molecule has 1 rings (SSSR count). The van der Waals surface area contributed by atoms with E-state index < -0.39 is 5.82 Å². The molecule has 0 bridgehead atoms. The van der Waals surface area contributed by atoms with Gasteiger partial charge in [-0.05, 0) is 30.0 Å². The Kier molecular flexibility index (Phi) is 5.33. The van der Waals surface area contributed by atoms with E-state index >= 15 is 0 Å². The van der Waals surface area contributed by atoms with Gasteiger partial charge in [0, 0.05) is 18.8 Å². The van der Waals surface area contributed by atoms with Crippen molar-refractivity contribution in [1.29, 1.82) is 0 Å². The molecule has 0 aliphatic rings. The molecule has 0 spiro atoms. The van der Waals surface area contributed by atoms with Gasteiger partial charge in [-0.1, -0.05) is 27.7 Å². The number of anilines is 1. The minimum Gasteiger partial charge on any atom is -0.399 e. The van der Waals surface area contributed by atoms with Crippen LogP contribution in [0.3, 0.4) is 0 Å². The van der Waals surface area contributed by atoms with E-state index in [1.54, 1.807) is 4.90 Å². The van der Waals surface area contributed by atoms with E-state index in [2.05, 4.69) is 0 Å².